The largest absolute Gasteiger partial charge is 0.481 e. The van der Waals surface area contributed by atoms with Crippen molar-refractivity contribution in [2.75, 3.05) is 20.8 Å². The fourth-order valence-corrected chi connectivity index (χ4v) is 3.23. The zero-order chi connectivity index (χ0) is 22.9. The minimum atomic E-state index is -0.861. The van der Waals surface area contributed by atoms with E-state index in [1.807, 2.05) is 36.4 Å². The van der Waals surface area contributed by atoms with Gasteiger partial charge >= 0.3 is 5.97 Å². The number of likely N-dealkylation sites (N-methyl/N-ethyl adjacent to an activating group) is 1. The molecular weight excluding hydrogens is 410 g/mol. The van der Waals surface area contributed by atoms with Gasteiger partial charge in [-0.1, -0.05) is 60.7 Å². The molecule has 0 radical (unpaired) electrons. The molecule has 0 aliphatic carbocycles. The third-order valence-electron chi connectivity index (χ3n) is 4.81. The van der Waals surface area contributed by atoms with Gasteiger partial charge < -0.3 is 24.7 Å². The minimum Gasteiger partial charge on any atom is -0.481 e. The fraction of sp³-hybridized carbons (Fsp3) is 0.208. The number of carbonyl (C=O) groups is 3. The van der Waals surface area contributed by atoms with Crippen molar-refractivity contribution in [2.45, 2.75) is 12.6 Å². The number of carbonyl (C=O) groups excluding carboxylic acids is 3. The number of methoxy groups -OCH3 is 1. The van der Waals surface area contributed by atoms with Crippen LogP contribution in [0.5, 0.6) is 5.75 Å². The van der Waals surface area contributed by atoms with Gasteiger partial charge in [0.1, 0.15) is 6.04 Å². The fourth-order valence-electron chi connectivity index (χ4n) is 3.23. The van der Waals surface area contributed by atoms with E-state index in [9.17, 15) is 14.4 Å². The van der Waals surface area contributed by atoms with Crippen LogP contribution in [0.4, 0.5) is 0 Å². The molecule has 2 amide bonds. The molecule has 8 heteroatoms. The van der Waals surface area contributed by atoms with Crippen molar-refractivity contribution < 1.29 is 23.9 Å². The first kappa shape index (κ1) is 22.6. The van der Waals surface area contributed by atoms with Gasteiger partial charge in [-0.3, -0.25) is 9.59 Å². The summed E-state index contributed by atoms with van der Waals surface area (Å²) in [7, 11) is 2.78. The molecule has 0 saturated heterocycles. The summed E-state index contributed by atoms with van der Waals surface area (Å²) in [5, 5.41) is 5.21. The monoisotopic (exact) mass is 435 g/mol. The highest BCUT2D eigenvalue weighted by atomic mass is 16.5. The second-order valence-electron chi connectivity index (χ2n) is 6.95. The van der Waals surface area contributed by atoms with Crippen molar-refractivity contribution in [2.24, 2.45) is 0 Å². The third-order valence-corrected chi connectivity index (χ3v) is 4.81. The number of hydrogen-bond donors (Lipinski definition) is 2. The lowest BCUT2D eigenvalue weighted by molar-refractivity contribution is -0.129. The molecule has 2 N–H and O–H groups in total. The van der Waals surface area contributed by atoms with Gasteiger partial charge in [0.05, 0.1) is 7.11 Å². The molecule has 3 rings (SSSR count). The molecule has 0 spiro atoms. The predicted molar refractivity (Wildman–Crippen MR) is 118 cm³/mol. The molecule has 32 heavy (non-hydrogen) atoms. The molecule has 166 valence electrons. The number of nitrogens with zero attached hydrogens (tertiary/aromatic N) is 1. The van der Waals surface area contributed by atoms with E-state index < -0.39 is 17.9 Å². The third kappa shape index (κ3) is 5.54. The summed E-state index contributed by atoms with van der Waals surface area (Å²) in [4.78, 5) is 37.1. The van der Waals surface area contributed by atoms with Gasteiger partial charge in [0.2, 0.25) is 5.91 Å². The van der Waals surface area contributed by atoms with Crippen LogP contribution in [-0.4, -0.2) is 43.1 Å². The van der Waals surface area contributed by atoms with Gasteiger partial charge in [-0.15, -0.1) is 0 Å². The molecule has 0 aliphatic heterocycles. The quantitative estimate of drug-likeness (QED) is 0.503. The minimum absolute atomic E-state index is 0.204. The zero-order valence-electron chi connectivity index (χ0n) is 17.9. The topological polar surface area (TPSA) is 98.7 Å². The highest BCUT2D eigenvalue weighted by Crippen LogP contribution is 2.22. The van der Waals surface area contributed by atoms with Crippen molar-refractivity contribution in [3.8, 4) is 5.75 Å². The lowest BCUT2D eigenvalue weighted by Gasteiger charge is -2.18. The summed E-state index contributed by atoms with van der Waals surface area (Å²) in [6.45, 7) is 0.0628. The van der Waals surface area contributed by atoms with Gasteiger partial charge in [-0.2, -0.15) is 0 Å². The Morgan fingerprint density at radius 2 is 1.62 bits per heavy atom. The van der Waals surface area contributed by atoms with Crippen LogP contribution in [0, 0.1) is 0 Å². The molecule has 0 saturated carbocycles. The van der Waals surface area contributed by atoms with Crippen molar-refractivity contribution in [1.29, 1.82) is 0 Å². The first-order valence-electron chi connectivity index (χ1n) is 10.0. The standard InChI is InChI=1S/C24H25N3O5/c1-25-23(29)21(18-11-7-4-8-12-18)26-20(28)16-32-19-13-14-27(22(19)24(30)31-2)15-17-9-5-3-6-10-17/h3-14,21H,15-16H2,1-2H3,(H,25,29)(H,26,28)/t21-/m1/s1. The van der Waals surface area contributed by atoms with E-state index in [1.54, 1.807) is 41.1 Å². The van der Waals surface area contributed by atoms with E-state index in [-0.39, 0.29) is 24.0 Å². The number of aromatic nitrogens is 1. The van der Waals surface area contributed by atoms with Gasteiger partial charge in [-0.05, 0) is 17.2 Å². The van der Waals surface area contributed by atoms with Gasteiger partial charge in [0, 0.05) is 19.8 Å². The number of benzene rings is 2. The van der Waals surface area contributed by atoms with Crippen LogP contribution in [-0.2, 0) is 20.9 Å². The van der Waals surface area contributed by atoms with Crippen molar-refractivity contribution in [1.82, 2.24) is 15.2 Å². The Morgan fingerprint density at radius 3 is 2.25 bits per heavy atom. The average Bonchev–Trinajstić information content (AvgIpc) is 3.23. The molecule has 0 bridgehead atoms. The lowest BCUT2D eigenvalue weighted by atomic mass is 10.1. The summed E-state index contributed by atoms with van der Waals surface area (Å²) in [5.41, 5.74) is 1.84. The number of amides is 2. The van der Waals surface area contributed by atoms with Gasteiger partial charge in [0.25, 0.3) is 5.91 Å². The Morgan fingerprint density at radius 1 is 0.969 bits per heavy atom. The SMILES string of the molecule is CNC(=O)[C@H](NC(=O)COc1ccn(Cc2ccccc2)c1C(=O)OC)c1ccccc1. The highest BCUT2D eigenvalue weighted by molar-refractivity contribution is 5.91. The van der Waals surface area contributed by atoms with Gasteiger partial charge in [-0.25, -0.2) is 4.79 Å². The summed E-state index contributed by atoms with van der Waals surface area (Å²) in [6.07, 6.45) is 1.70. The normalized spacial score (nSPS) is 11.3. The molecule has 1 heterocycles. The summed E-state index contributed by atoms with van der Waals surface area (Å²) in [5.74, 6) is -1.21. The Bertz CT molecular complexity index is 1060. The van der Waals surface area contributed by atoms with Gasteiger partial charge in [0.15, 0.2) is 18.1 Å². The molecule has 0 aliphatic rings. The van der Waals surface area contributed by atoms with Crippen molar-refractivity contribution >= 4 is 17.8 Å². The smallest absolute Gasteiger partial charge is 0.358 e. The average molecular weight is 435 g/mol. The number of hydrogen-bond acceptors (Lipinski definition) is 5. The van der Waals surface area contributed by atoms with Crippen LogP contribution in [0.3, 0.4) is 0 Å². The molecular formula is C24H25N3O5. The molecule has 0 unspecified atom stereocenters. The molecule has 3 aromatic rings. The van der Waals surface area contributed by atoms with E-state index in [1.165, 1.54) is 14.2 Å². The maximum Gasteiger partial charge on any atom is 0.358 e. The summed E-state index contributed by atoms with van der Waals surface area (Å²) < 4.78 is 12.2. The number of nitrogens with one attached hydrogen (secondary N) is 2. The highest BCUT2D eigenvalue weighted by Gasteiger charge is 2.23. The lowest BCUT2D eigenvalue weighted by Crippen LogP contribution is -2.41. The maximum absolute atomic E-state index is 12.5. The number of ether oxygens (including phenoxy) is 2. The molecule has 0 fully saturated rings. The van der Waals surface area contributed by atoms with E-state index in [0.29, 0.717) is 12.1 Å². The van der Waals surface area contributed by atoms with Crippen LogP contribution in [0.1, 0.15) is 27.7 Å². The number of rotatable bonds is 9. The van der Waals surface area contributed by atoms with Crippen LogP contribution in [0.2, 0.25) is 0 Å². The molecule has 1 aromatic heterocycles. The van der Waals surface area contributed by atoms with Crippen molar-refractivity contribution in [3.63, 3.8) is 0 Å². The summed E-state index contributed by atoms with van der Waals surface area (Å²) in [6, 6.07) is 19.3. The zero-order valence-corrected chi connectivity index (χ0v) is 17.9. The Kier molecular flexibility index (Phi) is 7.64. The molecule has 8 nitrogen and oxygen atoms in total. The maximum atomic E-state index is 12.5. The second kappa shape index (κ2) is 10.8. The van der Waals surface area contributed by atoms with Crippen LogP contribution in [0.25, 0.3) is 0 Å². The Labute approximate surface area is 186 Å². The van der Waals surface area contributed by atoms with Crippen molar-refractivity contribution in [3.05, 3.63) is 89.7 Å². The predicted octanol–water partition coefficient (Wildman–Crippen LogP) is 2.31. The van der Waals surface area contributed by atoms with E-state index in [4.69, 9.17) is 9.47 Å². The molecule has 2 aromatic carbocycles. The summed E-state index contributed by atoms with van der Waals surface area (Å²) >= 11 is 0. The van der Waals surface area contributed by atoms with E-state index in [0.717, 1.165) is 5.56 Å². The van der Waals surface area contributed by atoms with E-state index in [2.05, 4.69) is 10.6 Å². The second-order valence-corrected chi connectivity index (χ2v) is 6.95. The number of esters is 1. The first-order chi connectivity index (χ1) is 15.5. The molecule has 1 atom stereocenters. The van der Waals surface area contributed by atoms with E-state index >= 15 is 0 Å². The van der Waals surface area contributed by atoms with Crippen LogP contribution < -0.4 is 15.4 Å². The van der Waals surface area contributed by atoms with Crippen LogP contribution >= 0.6 is 0 Å². The van der Waals surface area contributed by atoms with Crippen LogP contribution in [0.15, 0.2) is 72.9 Å². The Hall–Kier alpha value is -4.07. The Balaban J connectivity index is 1.72. The first-order valence-corrected chi connectivity index (χ1v) is 10.0.